The zero-order valence-electron chi connectivity index (χ0n) is 11.1. The maximum atomic E-state index is 11.5. The van der Waals surface area contributed by atoms with Crippen molar-refractivity contribution in [1.82, 2.24) is 0 Å². The third-order valence-corrected chi connectivity index (χ3v) is 3.37. The molecule has 0 aliphatic carbocycles. The van der Waals surface area contributed by atoms with Crippen LogP contribution in [0.3, 0.4) is 0 Å². The quantitative estimate of drug-likeness (QED) is 0.663. The molecule has 0 saturated carbocycles. The van der Waals surface area contributed by atoms with Gasteiger partial charge in [-0.3, -0.25) is 9.59 Å². The second-order valence-corrected chi connectivity index (χ2v) is 4.90. The van der Waals surface area contributed by atoms with E-state index >= 15 is 0 Å². The summed E-state index contributed by atoms with van der Waals surface area (Å²) < 4.78 is 5.42. The van der Waals surface area contributed by atoms with Crippen molar-refractivity contribution in [3.8, 4) is 11.8 Å². The van der Waals surface area contributed by atoms with Gasteiger partial charge in [0.25, 0.3) is 0 Å². The van der Waals surface area contributed by atoms with E-state index in [1.807, 2.05) is 6.07 Å². The van der Waals surface area contributed by atoms with E-state index in [9.17, 15) is 14.6 Å². The Labute approximate surface area is 117 Å². The fourth-order valence-corrected chi connectivity index (χ4v) is 2.39. The largest absolute Gasteiger partial charge is 0.535 e. The van der Waals surface area contributed by atoms with Crippen LogP contribution in [0.15, 0.2) is 18.2 Å². The van der Waals surface area contributed by atoms with E-state index < -0.39 is 7.12 Å². The van der Waals surface area contributed by atoms with Crippen LogP contribution >= 0.6 is 0 Å². The molecule has 1 aromatic rings. The predicted octanol–water partition coefficient (Wildman–Crippen LogP) is 1.55. The highest BCUT2D eigenvalue weighted by molar-refractivity contribution is 6.47. The molecule has 1 aliphatic rings. The zero-order chi connectivity index (χ0) is 14.7. The van der Waals surface area contributed by atoms with Crippen molar-refractivity contribution in [2.75, 3.05) is 0 Å². The first kappa shape index (κ1) is 14.3. The number of ketones is 2. The van der Waals surface area contributed by atoms with E-state index in [4.69, 9.17) is 9.92 Å². The monoisotopic (exact) mass is 271 g/mol. The molecule has 5 nitrogen and oxygen atoms in total. The van der Waals surface area contributed by atoms with Crippen LogP contribution in [0.4, 0.5) is 0 Å². The van der Waals surface area contributed by atoms with E-state index in [0.717, 1.165) is 5.56 Å². The number of para-hydroxylation sites is 1. The van der Waals surface area contributed by atoms with Crippen molar-refractivity contribution in [3.63, 3.8) is 0 Å². The van der Waals surface area contributed by atoms with Gasteiger partial charge in [0.15, 0.2) is 5.78 Å². The van der Waals surface area contributed by atoms with Gasteiger partial charge < -0.3 is 9.68 Å². The lowest BCUT2D eigenvalue weighted by Crippen LogP contribution is -2.35. The molecule has 2 rings (SSSR count). The van der Waals surface area contributed by atoms with Crippen molar-refractivity contribution < 1.29 is 19.3 Å². The van der Waals surface area contributed by atoms with Crippen molar-refractivity contribution in [1.29, 1.82) is 5.26 Å². The molecule has 1 aliphatic heterocycles. The number of Topliss-reactive ketones (excluding diaryl/α,β-unsaturated/α-hetero) is 2. The fraction of sp³-hybridized carbons (Fsp3) is 0.357. The summed E-state index contributed by atoms with van der Waals surface area (Å²) in [4.78, 5) is 23.0. The standard InChI is InChI=1S/C14H14BNO4/c1-9(17)13-4-2-3-10-7-11(8-12(18)5-6-16)15(19)20-14(10)13/h2-4,11,19H,5,7-8H2,1H3/t11-/m1/s1. The van der Waals surface area contributed by atoms with Crippen LogP contribution < -0.4 is 4.65 Å². The molecule has 1 N–H and O–H groups in total. The van der Waals surface area contributed by atoms with Crippen molar-refractivity contribution in [3.05, 3.63) is 29.3 Å². The Hall–Kier alpha value is -2.13. The molecule has 0 unspecified atom stereocenters. The summed E-state index contributed by atoms with van der Waals surface area (Å²) >= 11 is 0. The maximum Gasteiger partial charge on any atom is 0.526 e. The van der Waals surface area contributed by atoms with Crippen LogP contribution in [0, 0.1) is 11.3 Å². The molecule has 20 heavy (non-hydrogen) atoms. The molecule has 6 heteroatoms. The van der Waals surface area contributed by atoms with Crippen LogP contribution in [0.5, 0.6) is 5.75 Å². The van der Waals surface area contributed by atoms with E-state index in [2.05, 4.69) is 0 Å². The smallest absolute Gasteiger partial charge is 0.526 e. The Morgan fingerprint density at radius 2 is 2.30 bits per heavy atom. The summed E-state index contributed by atoms with van der Waals surface area (Å²) in [5, 5.41) is 18.5. The summed E-state index contributed by atoms with van der Waals surface area (Å²) in [6, 6.07) is 7.02. The summed E-state index contributed by atoms with van der Waals surface area (Å²) in [6.07, 6.45) is 0.386. The highest BCUT2D eigenvalue weighted by Gasteiger charge is 2.37. The molecule has 102 valence electrons. The van der Waals surface area contributed by atoms with Crippen molar-refractivity contribution in [2.24, 2.45) is 0 Å². The van der Waals surface area contributed by atoms with E-state index in [1.165, 1.54) is 6.92 Å². The van der Waals surface area contributed by atoms with Gasteiger partial charge in [0.05, 0.1) is 18.1 Å². The lowest BCUT2D eigenvalue weighted by molar-refractivity contribution is -0.118. The average molecular weight is 271 g/mol. The number of benzene rings is 1. The van der Waals surface area contributed by atoms with Gasteiger partial charge in [0.2, 0.25) is 0 Å². The number of rotatable bonds is 4. The number of nitriles is 1. The Kier molecular flexibility index (Phi) is 4.21. The van der Waals surface area contributed by atoms with Crippen LogP contribution in [-0.2, 0) is 11.2 Å². The van der Waals surface area contributed by atoms with Gasteiger partial charge in [-0.1, -0.05) is 12.1 Å². The molecule has 0 bridgehead atoms. The molecular formula is C14H14BNO4. The van der Waals surface area contributed by atoms with Crippen molar-refractivity contribution >= 4 is 18.7 Å². The molecule has 1 aromatic carbocycles. The number of hydrogen-bond donors (Lipinski definition) is 1. The lowest BCUT2D eigenvalue weighted by Gasteiger charge is -2.28. The van der Waals surface area contributed by atoms with E-state index in [0.29, 0.717) is 17.7 Å². The minimum absolute atomic E-state index is 0.0957. The molecule has 0 amide bonds. The number of fused-ring (bicyclic) bond motifs is 1. The lowest BCUT2D eigenvalue weighted by atomic mass is 9.64. The third kappa shape index (κ3) is 2.89. The number of carbonyl (C=O) groups is 2. The second kappa shape index (κ2) is 5.89. The average Bonchev–Trinajstić information content (AvgIpc) is 2.39. The Morgan fingerprint density at radius 1 is 1.55 bits per heavy atom. The molecule has 0 radical (unpaired) electrons. The minimum atomic E-state index is -1.13. The van der Waals surface area contributed by atoms with E-state index in [-0.39, 0.29) is 30.2 Å². The van der Waals surface area contributed by atoms with Crippen molar-refractivity contribution in [2.45, 2.75) is 32.0 Å². The molecule has 0 spiro atoms. The molecule has 1 heterocycles. The number of nitrogens with zero attached hydrogens (tertiary/aromatic N) is 1. The maximum absolute atomic E-state index is 11.5. The Balaban J connectivity index is 2.22. The van der Waals surface area contributed by atoms with Gasteiger partial charge in [0, 0.05) is 12.2 Å². The van der Waals surface area contributed by atoms with Gasteiger partial charge in [-0.15, -0.1) is 0 Å². The summed E-state index contributed by atoms with van der Waals surface area (Å²) in [7, 11) is -1.13. The second-order valence-electron chi connectivity index (χ2n) is 4.90. The summed E-state index contributed by atoms with van der Waals surface area (Å²) in [5.41, 5.74) is 1.24. The Morgan fingerprint density at radius 3 is 2.95 bits per heavy atom. The molecule has 0 fully saturated rings. The molecule has 0 aromatic heterocycles. The molecule has 1 atom stereocenters. The number of carbonyl (C=O) groups excluding carboxylic acids is 2. The minimum Gasteiger partial charge on any atom is -0.535 e. The summed E-state index contributed by atoms with van der Waals surface area (Å²) in [5.74, 6) is -0.332. The zero-order valence-corrected chi connectivity index (χ0v) is 11.1. The predicted molar refractivity (Wildman–Crippen MR) is 72.4 cm³/mol. The van der Waals surface area contributed by atoms with Gasteiger partial charge >= 0.3 is 7.12 Å². The first-order valence-corrected chi connectivity index (χ1v) is 6.39. The SMILES string of the molecule is CC(=O)c1cccc2c1OB(O)[C@@H](CC(=O)CC#N)C2. The third-order valence-electron chi connectivity index (χ3n) is 3.37. The molecule has 0 saturated heterocycles. The van der Waals surface area contributed by atoms with Crippen LogP contribution in [0.25, 0.3) is 0 Å². The van der Waals surface area contributed by atoms with E-state index in [1.54, 1.807) is 18.2 Å². The number of hydrogen-bond acceptors (Lipinski definition) is 5. The van der Waals surface area contributed by atoms with Crippen LogP contribution in [0.2, 0.25) is 5.82 Å². The van der Waals surface area contributed by atoms with Gasteiger partial charge in [0.1, 0.15) is 11.5 Å². The van der Waals surface area contributed by atoms with Gasteiger partial charge in [-0.25, -0.2) is 0 Å². The van der Waals surface area contributed by atoms with Gasteiger partial charge in [-0.2, -0.15) is 5.26 Å². The summed E-state index contributed by atoms with van der Waals surface area (Å²) in [6.45, 7) is 1.44. The first-order chi connectivity index (χ1) is 9.52. The topological polar surface area (TPSA) is 87.4 Å². The normalized spacial score (nSPS) is 16.9. The Bertz CT molecular complexity index is 593. The van der Waals surface area contributed by atoms with Crippen LogP contribution in [-0.4, -0.2) is 23.7 Å². The highest BCUT2D eigenvalue weighted by atomic mass is 16.5. The molecular weight excluding hydrogens is 257 g/mol. The van der Waals surface area contributed by atoms with Crippen LogP contribution in [0.1, 0.15) is 35.7 Å². The van der Waals surface area contributed by atoms with Gasteiger partial charge in [-0.05, 0) is 25.0 Å². The first-order valence-electron chi connectivity index (χ1n) is 6.39. The highest BCUT2D eigenvalue weighted by Crippen LogP contribution is 2.36. The fourth-order valence-electron chi connectivity index (χ4n) is 2.39.